The van der Waals surface area contributed by atoms with Crippen LogP contribution in [0.2, 0.25) is 0 Å². The number of nitriles is 1. The molecular weight excluding hydrogens is 182 g/mol. The first-order chi connectivity index (χ1) is 7.15. The highest BCUT2D eigenvalue weighted by Gasteiger charge is 2.37. The van der Waals surface area contributed by atoms with E-state index in [1.807, 2.05) is 0 Å². The lowest BCUT2D eigenvalue weighted by Crippen LogP contribution is -2.21. The van der Waals surface area contributed by atoms with Gasteiger partial charge < -0.3 is 0 Å². The average molecular weight is 199 g/mol. The van der Waals surface area contributed by atoms with Crippen molar-refractivity contribution in [3.63, 3.8) is 0 Å². The predicted octanol–water partition coefficient (Wildman–Crippen LogP) is 3.34. The van der Waals surface area contributed by atoms with Gasteiger partial charge in [0.2, 0.25) is 0 Å². The van der Waals surface area contributed by atoms with Gasteiger partial charge in [0.15, 0.2) is 0 Å². The summed E-state index contributed by atoms with van der Waals surface area (Å²) in [6.07, 6.45) is 2.90. The molecule has 1 aromatic carbocycles. The molecule has 1 nitrogen and oxygen atoms in total. The molecule has 0 aromatic heterocycles. The number of rotatable bonds is 2. The van der Waals surface area contributed by atoms with Gasteiger partial charge in [-0.3, -0.25) is 0 Å². The van der Waals surface area contributed by atoms with Crippen LogP contribution in [0.1, 0.15) is 31.4 Å². The molecule has 0 aliphatic heterocycles. The number of benzene rings is 1. The summed E-state index contributed by atoms with van der Waals surface area (Å²) in [7, 11) is 0. The van der Waals surface area contributed by atoms with Crippen molar-refractivity contribution in [2.45, 2.75) is 33.1 Å². The summed E-state index contributed by atoms with van der Waals surface area (Å²) >= 11 is 0. The molecule has 1 aromatic rings. The normalized spacial score (nSPS) is 17.5. The average Bonchev–Trinajstić information content (AvgIpc) is 2.55. The maximum Gasteiger partial charge on any atom is 0.0696 e. The third kappa shape index (κ3) is 1.90. The maximum absolute atomic E-state index is 9.39. The first kappa shape index (κ1) is 10.2. The second-order valence-corrected chi connectivity index (χ2v) is 5.11. The van der Waals surface area contributed by atoms with Gasteiger partial charge in [0.1, 0.15) is 0 Å². The smallest absolute Gasteiger partial charge is 0.0696 e. The number of hydrogen-bond acceptors (Lipinski definition) is 1. The summed E-state index contributed by atoms with van der Waals surface area (Å²) < 4.78 is 0. The van der Waals surface area contributed by atoms with Gasteiger partial charge in [0.05, 0.1) is 11.5 Å². The van der Waals surface area contributed by atoms with E-state index in [0.717, 1.165) is 19.3 Å². The maximum atomic E-state index is 9.39. The van der Waals surface area contributed by atoms with E-state index in [2.05, 4.69) is 44.2 Å². The van der Waals surface area contributed by atoms with Gasteiger partial charge in [-0.1, -0.05) is 38.1 Å². The van der Waals surface area contributed by atoms with Crippen LogP contribution in [0, 0.1) is 22.7 Å². The predicted molar refractivity (Wildman–Crippen MR) is 61.4 cm³/mol. The first-order valence-corrected chi connectivity index (χ1v) is 5.63. The Balaban J connectivity index is 2.26. The molecule has 0 saturated carbocycles. The highest BCUT2D eigenvalue weighted by atomic mass is 14.4. The third-order valence-electron chi connectivity index (χ3n) is 3.21. The second kappa shape index (κ2) is 3.70. The molecule has 1 aliphatic carbocycles. The van der Waals surface area contributed by atoms with E-state index >= 15 is 0 Å². The van der Waals surface area contributed by atoms with E-state index in [1.165, 1.54) is 11.1 Å². The molecule has 2 rings (SSSR count). The quantitative estimate of drug-likeness (QED) is 0.716. The van der Waals surface area contributed by atoms with Crippen LogP contribution in [0.3, 0.4) is 0 Å². The molecule has 0 spiro atoms. The molecule has 0 heterocycles. The molecule has 15 heavy (non-hydrogen) atoms. The highest BCUT2D eigenvalue weighted by Crippen LogP contribution is 2.40. The Morgan fingerprint density at radius 3 is 2.20 bits per heavy atom. The SMILES string of the molecule is CC(C)CC1(C#N)Cc2ccccc2C1. The van der Waals surface area contributed by atoms with Crippen LogP contribution in [-0.4, -0.2) is 0 Å². The zero-order chi connectivity index (χ0) is 10.9. The molecule has 1 aliphatic rings. The topological polar surface area (TPSA) is 23.8 Å². The zero-order valence-corrected chi connectivity index (χ0v) is 9.46. The molecule has 0 unspecified atom stereocenters. The fourth-order valence-corrected chi connectivity index (χ4v) is 2.74. The fourth-order valence-electron chi connectivity index (χ4n) is 2.74. The van der Waals surface area contributed by atoms with E-state index in [1.54, 1.807) is 0 Å². The molecule has 1 heteroatoms. The van der Waals surface area contributed by atoms with Crippen molar-refractivity contribution in [2.75, 3.05) is 0 Å². The molecule has 0 radical (unpaired) electrons. The van der Waals surface area contributed by atoms with Gasteiger partial charge in [0, 0.05) is 0 Å². The Morgan fingerprint density at radius 2 is 1.80 bits per heavy atom. The van der Waals surface area contributed by atoms with E-state index in [0.29, 0.717) is 5.92 Å². The van der Waals surface area contributed by atoms with Gasteiger partial charge in [-0.25, -0.2) is 0 Å². The number of hydrogen-bond donors (Lipinski definition) is 0. The lowest BCUT2D eigenvalue weighted by molar-refractivity contribution is 0.328. The van der Waals surface area contributed by atoms with Crippen molar-refractivity contribution in [1.29, 1.82) is 5.26 Å². The van der Waals surface area contributed by atoms with Gasteiger partial charge in [0.25, 0.3) is 0 Å². The Bertz CT molecular complexity index is 373. The van der Waals surface area contributed by atoms with Crippen molar-refractivity contribution in [2.24, 2.45) is 11.3 Å². The summed E-state index contributed by atoms with van der Waals surface area (Å²) in [6.45, 7) is 4.39. The van der Waals surface area contributed by atoms with Crippen LogP contribution in [0.15, 0.2) is 24.3 Å². The molecule has 0 N–H and O–H groups in total. The van der Waals surface area contributed by atoms with E-state index in [-0.39, 0.29) is 5.41 Å². The minimum Gasteiger partial charge on any atom is -0.198 e. The second-order valence-electron chi connectivity index (χ2n) is 5.11. The summed E-state index contributed by atoms with van der Waals surface area (Å²) in [5.41, 5.74) is 2.62. The lowest BCUT2D eigenvalue weighted by atomic mass is 9.79. The minimum atomic E-state index is -0.127. The van der Waals surface area contributed by atoms with Crippen molar-refractivity contribution in [3.05, 3.63) is 35.4 Å². The van der Waals surface area contributed by atoms with Crippen molar-refractivity contribution < 1.29 is 0 Å². The van der Waals surface area contributed by atoms with Crippen LogP contribution in [0.25, 0.3) is 0 Å². The monoisotopic (exact) mass is 199 g/mol. The molecule has 0 atom stereocenters. The molecule has 0 bridgehead atoms. The number of nitrogens with zero attached hydrogens (tertiary/aromatic N) is 1. The molecule has 0 amide bonds. The lowest BCUT2D eigenvalue weighted by Gasteiger charge is -2.22. The summed E-state index contributed by atoms with van der Waals surface area (Å²) in [6, 6.07) is 11.0. The molecule has 78 valence electrons. The van der Waals surface area contributed by atoms with E-state index in [9.17, 15) is 5.26 Å². The first-order valence-electron chi connectivity index (χ1n) is 5.63. The van der Waals surface area contributed by atoms with Crippen LogP contribution >= 0.6 is 0 Å². The van der Waals surface area contributed by atoms with Crippen molar-refractivity contribution in [3.8, 4) is 6.07 Å². The van der Waals surface area contributed by atoms with Crippen LogP contribution in [-0.2, 0) is 12.8 Å². The van der Waals surface area contributed by atoms with E-state index in [4.69, 9.17) is 0 Å². The Kier molecular flexibility index (Phi) is 2.52. The van der Waals surface area contributed by atoms with Gasteiger partial charge in [-0.15, -0.1) is 0 Å². The van der Waals surface area contributed by atoms with Crippen LogP contribution in [0.4, 0.5) is 0 Å². The molecular formula is C14H17N. The molecule has 0 fully saturated rings. The summed E-state index contributed by atoms with van der Waals surface area (Å²) in [5.74, 6) is 0.596. The molecule has 0 saturated heterocycles. The highest BCUT2D eigenvalue weighted by molar-refractivity contribution is 5.36. The van der Waals surface area contributed by atoms with Crippen molar-refractivity contribution in [1.82, 2.24) is 0 Å². The largest absolute Gasteiger partial charge is 0.198 e. The minimum absolute atomic E-state index is 0.127. The summed E-state index contributed by atoms with van der Waals surface area (Å²) in [4.78, 5) is 0. The van der Waals surface area contributed by atoms with E-state index < -0.39 is 0 Å². The van der Waals surface area contributed by atoms with Crippen LogP contribution < -0.4 is 0 Å². The number of fused-ring (bicyclic) bond motifs is 1. The standard InChI is InChI=1S/C14H17N/c1-11(2)7-14(10-15)8-12-5-3-4-6-13(12)9-14/h3-6,11H,7-9H2,1-2H3. The fraction of sp³-hybridized carbons (Fsp3) is 0.500. The summed E-state index contributed by atoms with van der Waals surface area (Å²) in [5, 5.41) is 9.39. The van der Waals surface area contributed by atoms with Gasteiger partial charge in [-0.05, 0) is 36.3 Å². The van der Waals surface area contributed by atoms with Crippen molar-refractivity contribution >= 4 is 0 Å². The Labute approximate surface area is 91.7 Å². The zero-order valence-electron chi connectivity index (χ0n) is 9.46. The van der Waals surface area contributed by atoms with Crippen LogP contribution in [0.5, 0.6) is 0 Å². The Hall–Kier alpha value is -1.29. The Morgan fingerprint density at radius 1 is 1.27 bits per heavy atom. The van der Waals surface area contributed by atoms with Gasteiger partial charge >= 0.3 is 0 Å². The van der Waals surface area contributed by atoms with Gasteiger partial charge in [-0.2, -0.15) is 5.26 Å². The third-order valence-corrected chi connectivity index (χ3v) is 3.21.